The molecule has 0 unspecified atom stereocenters. The summed E-state index contributed by atoms with van der Waals surface area (Å²) in [4.78, 5) is 19.5. The second-order valence-corrected chi connectivity index (χ2v) is 38.2. The standard InChI is InChI=1S/C78H93N3O10S4/c1-79-59-38-92-95-61-39-93-94-60(36-80-29-28-74(46-12-3-2-4-13-46)24-9-23-73(41-74)27-26-72(40-73)21-7-8-22-72)54-35-56-52-34-53(59)67(84)75(25-20-47-31-45-14-17-49-62(61)51-33-48(83)16-18-55(51)76(47,75)64(45)49)69(52)90-70-66(91-78(88,68(54)85)77(56,70)87)71(86)89-65-58(37-82)81-57-19-15-44-30-42-10-5-6-11-43(42)32-50(44)63(57)65/h2-6,10-13,15-16,18-19,30,32-33,45,47,49,52-54,56,59-62,64,66-70,79-85,87-88H,7-9,14,17,20-29,31,34-41H2,1H3/t45-,47-,49+,52+,53+,54-,56+,59+,60+,61+,62+,64+,66+,67+,68-,69+,70-,73+,74-,75-,76+,77+,78-/m0/s1. The minimum atomic E-state index is -2.70. The van der Waals surface area contributed by atoms with Crippen LogP contribution in [-0.4, -0.2) is 132 Å². The summed E-state index contributed by atoms with van der Waals surface area (Å²) in [5, 5.41) is 92.0. The first kappa shape index (κ1) is 62.5. The maximum absolute atomic E-state index is 16.1. The zero-order valence-corrected chi connectivity index (χ0v) is 57.7. The van der Waals surface area contributed by atoms with Crippen molar-refractivity contribution in [3.63, 3.8) is 0 Å². The van der Waals surface area contributed by atoms with Gasteiger partial charge in [0.05, 0.1) is 35.4 Å². The van der Waals surface area contributed by atoms with Gasteiger partial charge in [-0.25, -0.2) is 4.79 Å². The number of phenols is 1. The zero-order chi connectivity index (χ0) is 64.2. The van der Waals surface area contributed by atoms with Crippen LogP contribution in [0.4, 0.5) is 0 Å². The lowest BCUT2D eigenvalue weighted by Gasteiger charge is -2.69. The molecule has 95 heavy (non-hydrogen) atoms. The van der Waals surface area contributed by atoms with Crippen molar-refractivity contribution >= 4 is 81.6 Å². The maximum Gasteiger partial charge on any atom is 0.343 e. The largest absolute Gasteiger partial charge is 0.508 e. The van der Waals surface area contributed by atoms with Crippen molar-refractivity contribution in [3.05, 3.63) is 119 Å². The second-order valence-electron chi connectivity index (χ2n) is 32.9. The molecule has 8 heterocycles. The van der Waals surface area contributed by atoms with Crippen molar-refractivity contribution in [2.75, 3.05) is 31.6 Å². The molecule has 17 heteroatoms. The fraction of sp³-hybridized carbons (Fsp3) is 0.628. The molecular weight excluding hydrogens is 1270 g/mol. The highest BCUT2D eigenvalue weighted by atomic mass is 33.1. The average molecular weight is 1360 g/mol. The molecule has 13 fully saturated rings. The topological polar surface area (TPSA) is 206 Å². The van der Waals surface area contributed by atoms with Crippen LogP contribution in [0.5, 0.6) is 11.5 Å². The number of nitrogens with one attached hydrogen (secondary N) is 3. The van der Waals surface area contributed by atoms with Gasteiger partial charge in [-0.2, -0.15) is 0 Å². The lowest BCUT2D eigenvalue weighted by atomic mass is 9.39. The van der Waals surface area contributed by atoms with Gasteiger partial charge in [-0.15, -0.1) is 0 Å². The lowest BCUT2D eigenvalue weighted by Crippen LogP contribution is -2.80. The van der Waals surface area contributed by atoms with E-state index in [1.165, 1.54) is 80.9 Å². The highest BCUT2D eigenvalue weighted by molar-refractivity contribution is 8.78. The van der Waals surface area contributed by atoms with Crippen LogP contribution >= 0.6 is 43.2 Å². The Morgan fingerprint density at radius 3 is 2.38 bits per heavy atom. The number of hydrogen-bond acceptors (Lipinski definition) is 16. The van der Waals surface area contributed by atoms with Crippen LogP contribution in [0.3, 0.4) is 0 Å². The monoisotopic (exact) mass is 1360 g/mol. The van der Waals surface area contributed by atoms with Crippen molar-refractivity contribution in [1.82, 2.24) is 15.6 Å². The molecule has 504 valence electrons. The predicted molar refractivity (Wildman–Crippen MR) is 377 cm³/mol. The van der Waals surface area contributed by atoms with E-state index in [1.54, 1.807) is 10.8 Å². The third-order valence-corrected chi connectivity index (χ3v) is 35.4. The summed E-state index contributed by atoms with van der Waals surface area (Å²) in [6.07, 6.45) is 14.6. The first-order valence-corrected chi connectivity index (χ1v) is 41.2. The number of carbonyl (C=O) groups is 1. The summed E-state index contributed by atoms with van der Waals surface area (Å²) in [5.74, 6) is -2.54. The number of fused-ring (bicyclic) bond motifs is 4. The molecule has 7 aliphatic heterocycles. The number of aliphatic hydroxyl groups is 5. The van der Waals surface area contributed by atoms with Gasteiger partial charge in [0, 0.05) is 69.1 Å². The first-order chi connectivity index (χ1) is 46.2. The van der Waals surface area contributed by atoms with Gasteiger partial charge in [0.15, 0.2) is 17.5 Å². The quantitative estimate of drug-likeness (QED) is 0.0271. The molecule has 23 atom stereocenters. The van der Waals surface area contributed by atoms with Crippen LogP contribution in [0.25, 0.3) is 32.4 Å². The van der Waals surface area contributed by atoms with Crippen LogP contribution in [0, 0.1) is 63.6 Å². The highest BCUT2D eigenvalue weighted by Crippen LogP contribution is 2.82. The molecule has 9 bridgehead atoms. The van der Waals surface area contributed by atoms with Gasteiger partial charge in [0.25, 0.3) is 0 Å². The molecular formula is C78H93N3O10S4. The van der Waals surface area contributed by atoms with Crippen LogP contribution in [0.15, 0.2) is 97.1 Å². The van der Waals surface area contributed by atoms with Crippen LogP contribution in [0.1, 0.15) is 150 Å². The molecule has 8 saturated carbocycles. The van der Waals surface area contributed by atoms with Gasteiger partial charge in [-0.05, 0) is 231 Å². The fourth-order valence-corrected chi connectivity index (χ4v) is 33.1. The Morgan fingerprint density at radius 1 is 0.747 bits per heavy atom. The average Bonchev–Trinajstić information content (AvgIpc) is 1.50. The van der Waals surface area contributed by atoms with E-state index < -0.39 is 83.1 Å². The molecule has 9 aliphatic carbocycles. The summed E-state index contributed by atoms with van der Waals surface area (Å²) in [5.41, 5.74) is 1.92. The smallest absolute Gasteiger partial charge is 0.343 e. The Bertz CT molecular complexity index is 4020. The number of benzene rings is 5. The molecule has 6 aromatic rings. The number of aromatic amines is 1. The van der Waals surface area contributed by atoms with Crippen LogP contribution in [0.2, 0.25) is 0 Å². The number of aromatic nitrogens is 1. The number of phenolic OH excluding ortho intramolecular Hbond substituents is 1. The van der Waals surface area contributed by atoms with Crippen molar-refractivity contribution in [2.45, 2.75) is 204 Å². The minimum absolute atomic E-state index is 0.0215. The molecule has 5 aromatic carbocycles. The molecule has 0 radical (unpaired) electrons. The van der Waals surface area contributed by atoms with E-state index in [1.807, 2.05) is 75.8 Å². The minimum Gasteiger partial charge on any atom is -0.508 e. The Morgan fingerprint density at radius 2 is 1.55 bits per heavy atom. The van der Waals surface area contributed by atoms with Gasteiger partial charge >= 0.3 is 5.97 Å². The Labute approximate surface area is 573 Å². The van der Waals surface area contributed by atoms with Gasteiger partial charge in [0.1, 0.15) is 18.0 Å². The van der Waals surface area contributed by atoms with Gasteiger partial charge in [-0.1, -0.05) is 129 Å². The van der Waals surface area contributed by atoms with E-state index in [0.29, 0.717) is 53.5 Å². The van der Waals surface area contributed by atoms with E-state index in [0.717, 1.165) is 78.1 Å². The highest BCUT2D eigenvalue weighted by Gasteiger charge is 2.86. The lowest BCUT2D eigenvalue weighted by molar-refractivity contribution is -0.381. The normalized spacial score (nSPS) is 44.0. The number of rotatable bonds is 10. The van der Waals surface area contributed by atoms with Crippen LogP contribution in [-0.2, 0) is 31.7 Å². The van der Waals surface area contributed by atoms with Gasteiger partial charge < -0.3 is 60.5 Å². The van der Waals surface area contributed by atoms with Gasteiger partial charge in [-0.3, -0.25) is 0 Å². The van der Waals surface area contributed by atoms with Crippen molar-refractivity contribution in [2.24, 2.45) is 63.6 Å². The molecule has 4 spiro atoms. The number of esters is 1. The number of H-pyrrole nitrogens is 1. The molecule has 0 amide bonds. The van der Waals surface area contributed by atoms with E-state index in [2.05, 4.69) is 76.3 Å². The SMILES string of the molecule is CN[C@@H]1CSS[C@@H]2CSS[C@H](CNCC[C@@]3(c4ccccc4)CCC[C@]4(CCC5(CCCC5)C4)C3)[C@@H]3C[C@@H]4[C@H]5C[C@H]1[C@@H](O)[C@@]1(CC[C@H]6C[C@@H]7CC[C@@H]8[C@@H]2c2cc(O)ccc2[C@@]61[C@H]78)[C@@H]5O[C@H]1[C@H](C(=O)Oc2c(CO)[nH]c5ccc6cc7ccccc7cc6c25)O[C@@](O)([C@H]3O)[C@@]41O. The van der Waals surface area contributed by atoms with Crippen molar-refractivity contribution in [3.8, 4) is 11.5 Å². The van der Waals surface area contributed by atoms with E-state index >= 15 is 4.79 Å². The Kier molecular flexibility index (Phi) is 15.0. The molecule has 16 aliphatic rings. The number of hydrogen-bond donors (Lipinski definition) is 9. The third kappa shape index (κ3) is 8.69. The number of aliphatic hydroxyl groups excluding tert-OH is 3. The Hall–Kier alpha value is -3.53. The summed E-state index contributed by atoms with van der Waals surface area (Å²) >= 11 is 0. The second kappa shape index (κ2) is 22.7. The summed E-state index contributed by atoms with van der Waals surface area (Å²) < 4.78 is 21.7. The van der Waals surface area contributed by atoms with Crippen molar-refractivity contribution in [1.29, 1.82) is 0 Å². The third-order valence-electron chi connectivity index (χ3n) is 29.3. The van der Waals surface area contributed by atoms with E-state index in [9.17, 15) is 30.6 Å². The molecule has 5 saturated heterocycles. The first-order valence-electron chi connectivity index (χ1n) is 36.5. The maximum atomic E-state index is 16.1. The summed E-state index contributed by atoms with van der Waals surface area (Å²) in [6.45, 7) is 0.832. The Balaban J connectivity index is 0.754. The van der Waals surface area contributed by atoms with Crippen LogP contribution < -0.4 is 15.4 Å². The number of ether oxygens (including phenoxy) is 3. The predicted octanol–water partition coefficient (Wildman–Crippen LogP) is 13.0. The van der Waals surface area contributed by atoms with Crippen molar-refractivity contribution < 1.29 is 49.6 Å². The zero-order valence-electron chi connectivity index (χ0n) is 54.5. The summed E-state index contributed by atoms with van der Waals surface area (Å²) in [7, 11) is 9.61. The summed E-state index contributed by atoms with van der Waals surface area (Å²) in [6, 6.07) is 33.8. The molecule has 1 aromatic heterocycles. The molecule has 22 rings (SSSR count). The van der Waals surface area contributed by atoms with E-state index in [-0.39, 0.29) is 68.7 Å². The van der Waals surface area contributed by atoms with Gasteiger partial charge in [0.2, 0.25) is 5.79 Å². The fourth-order valence-electron chi connectivity index (χ4n) is 26.1. The molecule has 13 nitrogen and oxygen atoms in total. The number of carbonyl (C=O) groups excluding carboxylic acids is 1. The van der Waals surface area contributed by atoms with E-state index in [4.69, 9.17) is 14.2 Å². The molecule has 9 N–H and O–H groups in total. The number of aromatic hydroxyl groups is 1.